The molecule has 2 aromatic heterocycles. The molecule has 0 fully saturated rings. The summed E-state index contributed by atoms with van der Waals surface area (Å²) in [5.41, 5.74) is 0.547. The summed E-state index contributed by atoms with van der Waals surface area (Å²) in [4.78, 5) is 10.2. The maximum Gasteiger partial charge on any atom is 0.276 e. The fourth-order valence-electron chi connectivity index (χ4n) is 0.807. The molecule has 0 saturated heterocycles. The minimum Gasteiger partial charge on any atom is -0.281 e. The zero-order valence-corrected chi connectivity index (χ0v) is 5.43. The predicted molar refractivity (Wildman–Crippen MR) is 35.6 cm³/mol. The molecule has 2 heterocycles. The molecule has 0 amide bonds. The second kappa shape index (κ2) is 2.12. The summed E-state index contributed by atoms with van der Waals surface area (Å²) in [6.45, 7) is 0. The SMILES string of the molecule is O=[C]c1nnc2cccnn12. The van der Waals surface area contributed by atoms with Gasteiger partial charge in [0.15, 0.2) is 5.65 Å². The molecule has 1 radical (unpaired) electrons. The first-order valence-electron chi connectivity index (χ1n) is 2.96. The van der Waals surface area contributed by atoms with Crippen LogP contribution in [0.5, 0.6) is 0 Å². The Kier molecular flexibility index (Phi) is 1.15. The van der Waals surface area contributed by atoms with Crippen LogP contribution < -0.4 is 0 Å². The molecule has 0 bridgehead atoms. The highest BCUT2D eigenvalue weighted by Gasteiger charge is 2.02. The Morgan fingerprint density at radius 3 is 3.18 bits per heavy atom. The standard InChI is InChI=1S/C6H3N4O/c11-4-6-9-8-5-2-1-3-7-10(5)6/h1-3H. The van der Waals surface area contributed by atoms with E-state index in [2.05, 4.69) is 15.3 Å². The third kappa shape index (κ3) is 0.778. The molecule has 0 aliphatic carbocycles. The second-order valence-corrected chi connectivity index (χ2v) is 1.92. The van der Waals surface area contributed by atoms with E-state index in [9.17, 15) is 4.79 Å². The van der Waals surface area contributed by atoms with Gasteiger partial charge in [0, 0.05) is 6.20 Å². The van der Waals surface area contributed by atoms with E-state index < -0.39 is 0 Å². The maximum atomic E-state index is 10.2. The van der Waals surface area contributed by atoms with E-state index in [4.69, 9.17) is 0 Å². The third-order valence-corrected chi connectivity index (χ3v) is 1.27. The highest BCUT2D eigenvalue weighted by molar-refractivity contribution is 5.70. The van der Waals surface area contributed by atoms with Gasteiger partial charge in [-0.1, -0.05) is 0 Å². The van der Waals surface area contributed by atoms with Crippen molar-refractivity contribution >= 4 is 11.9 Å². The van der Waals surface area contributed by atoms with Gasteiger partial charge in [-0.05, 0) is 12.1 Å². The maximum absolute atomic E-state index is 10.2. The van der Waals surface area contributed by atoms with Crippen LogP contribution >= 0.6 is 0 Å². The number of nitrogens with zero attached hydrogens (tertiary/aromatic N) is 4. The summed E-state index contributed by atoms with van der Waals surface area (Å²) in [5.74, 6) is 0.0978. The lowest BCUT2D eigenvalue weighted by molar-refractivity contribution is 0.558. The summed E-state index contributed by atoms with van der Waals surface area (Å²) in [6, 6.07) is 3.43. The van der Waals surface area contributed by atoms with Gasteiger partial charge >= 0.3 is 0 Å². The fourth-order valence-corrected chi connectivity index (χ4v) is 0.807. The summed E-state index contributed by atoms with van der Waals surface area (Å²) < 4.78 is 1.33. The topological polar surface area (TPSA) is 60.2 Å². The second-order valence-electron chi connectivity index (χ2n) is 1.92. The number of fused-ring (bicyclic) bond motifs is 1. The van der Waals surface area contributed by atoms with E-state index in [-0.39, 0.29) is 5.82 Å². The van der Waals surface area contributed by atoms with Crippen molar-refractivity contribution < 1.29 is 4.79 Å². The number of hydrogen-bond donors (Lipinski definition) is 0. The fraction of sp³-hybridized carbons (Fsp3) is 0. The van der Waals surface area contributed by atoms with Crippen molar-refractivity contribution in [1.82, 2.24) is 19.8 Å². The van der Waals surface area contributed by atoms with Gasteiger partial charge in [-0.15, -0.1) is 10.2 Å². The van der Waals surface area contributed by atoms with E-state index >= 15 is 0 Å². The summed E-state index contributed by atoms with van der Waals surface area (Å²) in [6.07, 6.45) is 3.18. The zero-order valence-electron chi connectivity index (χ0n) is 5.43. The van der Waals surface area contributed by atoms with E-state index in [0.29, 0.717) is 5.65 Å². The predicted octanol–water partition coefficient (Wildman–Crippen LogP) is -0.418. The van der Waals surface area contributed by atoms with Crippen LogP contribution in [-0.2, 0) is 4.79 Å². The van der Waals surface area contributed by atoms with Crippen molar-refractivity contribution in [3.8, 4) is 0 Å². The molecule has 0 atom stereocenters. The molecule has 11 heavy (non-hydrogen) atoms. The molecule has 0 spiro atoms. The monoisotopic (exact) mass is 147 g/mol. The highest BCUT2D eigenvalue weighted by Crippen LogP contribution is 1.96. The zero-order chi connectivity index (χ0) is 7.68. The van der Waals surface area contributed by atoms with Gasteiger partial charge in [-0.25, -0.2) is 0 Å². The van der Waals surface area contributed by atoms with Crippen LogP contribution in [0.4, 0.5) is 0 Å². The molecular weight excluding hydrogens is 144 g/mol. The normalized spacial score (nSPS) is 10.2. The van der Waals surface area contributed by atoms with Crippen LogP contribution in [0.25, 0.3) is 5.65 Å². The van der Waals surface area contributed by atoms with Crippen LogP contribution in [0.1, 0.15) is 5.82 Å². The average molecular weight is 147 g/mol. The van der Waals surface area contributed by atoms with Crippen molar-refractivity contribution in [1.29, 1.82) is 0 Å². The van der Waals surface area contributed by atoms with Crippen molar-refractivity contribution in [3.05, 3.63) is 24.2 Å². The van der Waals surface area contributed by atoms with Crippen molar-refractivity contribution in [2.75, 3.05) is 0 Å². The molecule has 0 aliphatic heterocycles. The minimum atomic E-state index is 0.0978. The van der Waals surface area contributed by atoms with Crippen LogP contribution in [0.2, 0.25) is 0 Å². The molecule has 5 heteroatoms. The molecule has 0 N–H and O–H groups in total. The molecule has 0 aromatic carbocycles. The Bertz CT molecular complexity index is 394. The van der Waals surface area contributed by atoms with Gasteiger partial charge in [-0.3, -0.25) is 4.79 Å². The first-order chi connectivity index (χ1) is 5.42. The molecular formula is C6H3N4O. The van der Waals surface area contributed by atoms with Gasteiger partial charge in [0.05, 0.1) is 0 Å². The van der Waals surface area contributed by atoms with E-state index in [1.807, 2.05) is 0 Å². The quantitative estimate of drug-likeness (QED) is 0.549. The first kappa shape index (κ1) is 5.96. The third-order valence-electron chi connectivity index (χ3n) is 1.27. The van der Waals surface area contributed by atoms with Crippen LogP contribution in [0, 0.1) is 0 Å². The Hall–Kier alpha value is -1.78. The van der Waals surface area contributed by atoms with Gasteiger partial charge in [0.1, 0.15) is 0 Å². The first-order valence-corrected chi connectivity index (χ1v) is 2.96. The lowest BCUT2D eigenvalue weighted by Gasteiger charge is -1.86. The average Bonchev–Trinajstić information content (AvgIpc) is 2.47. The summed E-state index contributed by atoms with van der Waals surface area (Å²) in [7, 11) is 0. The van der Waals surface area contributed by atoms with Gasteiger partial charge < -0.3 is 0 Å². The van der Waals surface area contributed by atoms with Gasteiger partial charge in [-0.2, -0.15) is 9.61 Å². The molecule has 2 aromatic rings. The smallest absolute Gasteiger partial charge is 0.276 e. The van der Waals surface area contributed by atoms with Crippen LogP contribution in [0.15, 0.2) is 18.3 Å². The minimum absolute atomic E-state index is 0.0978. The number of hydrogen-bond acceptors (Lipinski definition) is 4. The molecule has 0 saturated carbocycles. The Balaban J connectivity index is 2.86. The molecule has 53 valence electrons. The summed E-state index contributed by atoms with van der Waals surface area (Å²) >= 11 is 0. The van der Waals surface area contributed by atoms with E-state index in [1.54, 1.807) is 24.6 Å². The van der Waals surface area contributed by atoms with Crippen LogP contribution in [-0.4, -0.2) is 26.1 Å². The van der Waals surface area contributed by atoms with E-state index in [1.165, 1.54) is 4.52 Å². The molecule has 5 nitrogen and oxygen atoms in total. The number of carbonyl (C=O) groups excluding carboxylic acids is 1. The lowest BCUT2D eigenvalue weighted by Crippen LogP contribution is -1.95. The largest absolute Gasteiger partial charge is 0.281 e. The van der Waals surface area contributed by atoms with Gasteiger partial charge in [0.25, 0.3) is 6.29 Å². The number of aromatic nitrogens is 4. The summed E-state index contributed by atoms with van der Waals surface area (Å²) in [5, 5.41) is 11.1. The molecule has 0 unspecified atom stereocenters. The highest BCUT2D eigenvalue weighted by atomic mass is 16.1. The Morgan fingerprint density at radius 1 is 1.45 bits per heavy atom. The lowest BCUT2D eigenvalue weighted by atomic mass is 10.5. The number of rotatable bonds is 1. The van der Waals surface area contributed by atoms with Crippen LogP contribution in [0.3, 0.4) is 0 Å². The van der Waals surface area contributed by atoms with E-state index in [0.717, 1.165) is 0 Å². The van der Waals surface area contributed by atoms with Gasteiger partial charge in [0.2, 0.25) is 5.82 Å². The Morgan fingerprint density at radius 2 is 2.36 bits per heavy atom. The molecule has 2 rings (SSSR count). The Labute approximate surface area is 61.7 Å². The van der Waals surface area contributed by atoms with Crippen molar-refractivity contribution in [2.24, 2.45) is 0 Å². The van der Waals surface area contributed by atoms with Crippen molar-refractivity contribution in [2.45, 2.75) is 0 Å². The van der Waals surface area contributed by atoms with Crippen molar-refractivity contribution in [3.63, 3.8) is 0 Å². The molecule has 0 aliphatic rings.